The zero-order valence-corrected chi connectivity index (χ0v) is 11.4. The van der Waals surface area contributed by atoms with Gasteiger partial charge in [-0.25, -0.2) is 15.0 Å². The van der Waals surface area contributed by atoms with E-state index in [1.807, 2.05) is 0 Å². The molecule has 2 heterocycles. The smallest absolute Gasteiger partial charge is 0.182 e. The fourth-order valence-electron chi connectivity index (χ4n) is 2.32. The summed E-state index contributed by atoms with van der Waals surface area (Å²) in [6, 6.07) is 8.50. The van der Waals surface area contributed by atoms with Crippen LogP contribution in [0.25, 0.3) is 11.2 Å². The Balaban J connectivity index is 1.81. The van der Waals surface area contributed by atoms with E-state index in [-0.39, 0.29) is 0 Å². The normalized spacial score (nSPS) is 10.8. The van der Waals surface area contributed by atoms with Gasteiger partial charge in [0.25, 0.3) is 0 Å². The molecule has 0 spiro atoms. The second-order valence-electron chi connectivity index (χ2n) is 4.70. The van der Waals surface area contributed by atoms with Crippen LogP contribution in [-0.4, -0.2) is 19.9 Å². The Morgan fingerprint density at radius 2 is 1.95 bits per heavy atom. The molecule has 1 aromatic carbocycles. The van der Waals surface area contributed by atoms with Crippen LogP contribution < -0.4 is 5.32 Å². The van der Waals surface area contributed by atoms with Gasteiger partial charge >= 0.3 is 0 Å². The van der Waals surface area contributed by atoms with E-state index in [4.69, 9.17) is 0 Å². The van der Waals surface area contributed by atoms with E-state index in [2.05, 4.69) is 56.4 Å². The Morgan fingerprint density at radius 1 is 1.10 bits per heavy atom. The Bertz CT molecular complexity index is 704. The minimum Gasteiger partial charge on any atom is -0.364 e. The van der Waals surface area contributed by atoms with Crippen LogP contribution in [0.3, 0.4) is 0 Å². The van der Waals surface area contributed by atoms with Gasteiger partial charge < -0.3 is 10.3 Å². The summed E-state index contributed by atoms with van der Waals surface area (Å²) in [5.74, 6) is 0.791. The summed E-state index contributed by atoms with van der Waals surface area (Å²) in [4.78, 5) is 15.6. The topological polar surface area (TPSA) is 66.5 Å². The van der Waals surface area contributed by atoms with Crippen LogP contribution in [0.2, 0.25) is 0 Å². The fourth-order valence-corrected chi connectivity index (χ4v) is 2.32. The van der Waals surface area contributed by atoms with Crippen LogP contribution in [0.15, 0.2) is 36.9 Å². The molecule has 3 rings (SSSR count). The summed E-state index contributed by atoms with van der Waals surface area (Å²) in [5, 5.41) is 3.37. The Labute approximate surface area is 117 Å². The predicted octanol–water partition coefficient (Wildman–Crippen LogP) is 2.92. The van der Waals surface area contributed by atoms with Crippen molar-refractivity contribution in [2.45, 2.75) is 26.3 Å². The average Bonchev–Trinajstić information content (AvgIpc) is 2.96. The largest absolute Gasteiger partial charge is 0.364 e. The SMILES string of the molecule is CCCc1ccccc1CNc1ncnc2nc[nH]c12. The lowest BCUT2D eigenvalue weighted by Gasteiger charge is -2.10. The molecule has 0 aliphatic heterocycles. The first kappa shape index (κ1) is 12.6. The van der Waals surface area contributed by atoms with E-state index in [1.165, 1.54) is 17.5 Å². The first-order valence-corrected chi connectivity index (χ1v) is 6.83. The van der Waals surface area contributed by atoms with E-state index in [0.717, 1.165) is 30.7 Å². The number of anilines is 1. The fraction of sp³-hybridized carbons (Fsp3) is 0.267. The number of H-pyrrole nitrogens is 1. The maximum absolute atomic E-state index is 4.28. The highest BCUT2D eigenvalue weighted by molar-refractivity contribution is 5.81. The van der Waals surface area contributed by atoms with Gasteiger partial charge in [-0.15, -0.1) is 0 Å². The summed E-state index contributed by atoms with van der Waals surface area (Å²) in [6.45, 7) is 2.95. The maximum Gasteiger partial charge on any atom is 0.182 e. The Hall–Kier alpha value is -2.43. The number of aromatic nitrogens is 4. The van der Waals surface area contributed by atoms with Gasteiger partial charge in [-0.2, -0.15) is 0 Å². The highest BCUT2D eigenvalue weighted by Gasteiger charge is 2.06. The highest BCUT2D eigenvalue weighted by Crippen LogP contribution is 2.17. The highest BCUT2D eigenvalue weighted by atomic mass is 15.1. The third kappa shape index (κ3) is 2.47. The van der Waals surface area contributed by atoms with Gasteiger partial charge in [0, 0.05) is 6.54 Å². The van der Waals surface area contributed by atoms with E-state index in [0.29, 0.717) is 5.65 Å². The average molecular weight is 267 g/mol. The van der Waals surface area contributed by atoms with Gasteiger partial charge in [-0.1, -0.05) is 37.6 Å². The van der Waals surface area contributed by atoms with Crippen LogP contribution in [0.1, 0.15) is 24.5 Å². The number of aromatic amines is 1. The van der Waals surface area contributed by atoms with Gasteiger partial charge in [-0.3, -0.25) is 0 Å². The lowest BCUT2D eigenvalue weighted by atomic mass is 10.0. The van der Waals surface area contributed by atoms with Crippen molar-refractivity contribution in [2.24, 2.45) is 0 Å². The van der Waals surface area contributed by atoms with Gasteiger partial charge in [0.05, 0.1) is 6.33 Å². The van der Waals surface area contributed by atoms with Crippen molar-refractivity contribution in [3.8, 4) is 0 Å². The monoisotopic (exact) mass is 267 g/mol. The molecule has 0 unspecified atom stereocenters. The zero-order chi connectivity index (χ0) is 13.8. The van der Waals surface area contributed by atoms with Gasteiger partial charge in [0.2, 0.25) is 0 Å². The second kappa shape index (κ2) is 5.69. The molecule has 102 valence electrons. The molecule has 2 aromatic heterocycles. The number of benzene rings is 1. The molecule has 5 nitrogen and oxygen atoms in total. The first-order valence-electron chi connectivity index (χ1n) is 6.83. The third-order valence-corrected chi connectivity index (χ3v) is 3.31. The second-order valence-corrected chi connectivity index (χ2v) is 4.70. The lowest BCUT2D eigenvalue weighted by Crippen LogP contribution is -2.05. The predicted molar refractivity (Wildman–Crippen MR) is 79.4 cm³/mol. The van der Waals surface area contributed by atoms with E-state index >= 15 is 0 Å². The standard InChI is InChI=1S/C15H17N5/c1-2-5-11-6-3-4-7-12(11)8-16-14-13-15(18-9-17-13)20-10-19-14/h3-4,6-7,9-10H,2,5,8H2,1H3,(H2,16,17,18,19,20). The van der Waals surface area contributed by atoms with Crippen LogP contribution in [-0.2, 0) is 13.0 Å². The van der Waals surface area contributed by atoms with Crippen molar-refractivity contribution in [1.82, 2.24) is 19.9 Å². The van der Waals surface area contributed by atoms with Gasteiger partial charge in [0.15, 0.2) is 11.5 Å². The molecule has 0 aliphatic rings. The molecule has 0 amide bonds. The lowest BCUT2D eigenvalue weighted by molar-refractivity contribution is 0.900. The summed E-state index contributed by atoms with van der Waals surface area (Å²) in [6.07, 6.45) is 5.41. The third-order valence-electron chi connectivity index (χ3n) is 3.31. The molecule has 20 heavy (non-hydrogen) atoms. The van der Waals surface area contributed by atoms with Crippen molar-refractivity contribution in [3.63, 3.8) is 0 Å². The molecule has 0 saturated heterocycles. The van der Waals surface area contributed by atoms with Crippen LogP contribution in [0, 0.1) is 0 Å². The molecule has 2 N–H and O–H groups in total. The number of nitrogens with one attached hydrogen (secondary N) is 2. The molecule has 5 heteroatoms. The quantitative estimate of drug-likeness (QED) is 0.746. The molecule has 0 saturated carbocycles. The number of imidazole rings is 1. The van der Waals surface area contributed by atoms with Crippen molar-refractivity contribution >= 4 is 17.0 Å². The summed E-state index contributed by atoms with van der Waals surface area (Å²) < 4.78 is 0. The van der Waals surface area contributed by atoms with Crippen molar-refractivity contribution < 1.29 is 0 Å². The van der Waals surface area contributed by atoms with E-state index in [9.17, 15) is 0 Å². The van der Waals surface area contributed by atoms with Crippen LogP contribution in [0.5, 0.6) is 0 Å². The first-order chi connectivity index (χ1) is 9.88. The molecule has 3 aromatic rings. The summed E-state index contributed by atoms with van der Waals surface area (Å²) in [7, 11) is 0. The van der Waals surface area contributed by atoms with E-state index in [1.54, 1.807) is 6.33 Å². The van der Waals surface area contributed by atoms with Gasteiger partial charge in [0.1, 0.15) is 11.8 Å². The molecule has 0 aliphatic carbocycles. The number of aryl methyl sites for hydroxylation is 1. The van der Waals surface area contributed by atoms with Crippen LogP contribution in [0.4, 0.5) is 5.82 Å². The summed E-state index contributed by atoms with van der Waals surface area (Å²) in [5.41, 5.74) is 4.22. The number of fused-ring (bicyclic) bond motifs is 1. The molecule has 0 bridgehead atoms. The Kier molecular flexibility index (Phi) is 3.58. The summed E-state index contributed by atoms with van der Waals surface area (Å²) >= 11 is 0. The molecular formula is C15H17N5. The maximum atomic E-state index is 4.28. The molecule has 0 fully saturated rings. The minimum atomic E-state index is 0.685. The molecule has 0 radical (unpaired) electrons. The van der Waals surface area contributed by atoms with Crippen LogP contribution >= 0.6 is 0 Å². The zero-order valence-electron chi connectivity index (χ0n) is 11.4. The number of hydrogen-bond donors (Lipinski definition) is 2. The van der Waals surface area contributed by atoms with Crippen molar-refractivity contribution in [3.05, 3.63) is 48.0 Å². The van der Waals surface area contributed by atoms with Gasteiger partial charge in [-0.05, 0) is 17.5 Å². The number of hydrogen-bond acceptors (Lipinski definition) is 4. The van der Waals surface area contributed by atoms with E-state index < -0.39 is 0 Å². The molecule has 0 atom stereocenters. The van der Waals surface area contributed by atoms with Crippen molar-refractivity contribution in [2.75, 3.05) is 5.32 Å². The number of rotatable bonds is 5. The Morgan fingerprint density at radius 3 is 2.80 bits per heavy atom. The number of nitrogens with zero attached hydrogens (tertiary/aromatic N) is 3. The minimum absolute atomic E-state index is 0.685. The van der Waals surface area contributed by atoms with Crippen molar-refractivity contribution in [1.29, 1.82) is 0 Å². The molecular weight excluding hydrogens is 250 g/mol.